The van der Waals surface area contributed by atoms with Gasteiger partial charge in [0.25, 0.3) is 0 Å². The summed E-state index contributed by atoms with van der Waals surface area (Å²) in [6, 6.07) is 22.6. The van der Waals surface area contributed by atoms with Gasteiger partial charge in [-0.3, -0.25) is 9.48 Å². The standard InChI is InChI=1S/C33H41N5O2/c1-23-18-28(36-37(23)5)31(39)27(19-26-20-34-16-17-40-26)30(33(2,3)4)32-35-29(25-14-10-7-11-15-25)22-38(32)21-24-12-8-6-9-13-24/h6-15,18,22,26-27,30,34H,16-17,19-21H2,1-5H3/t26-,27?,30-/m0/s1. The molecule has 0 radical (unpaired) electrons. The summed E-state index contributed by atoms with van der Waals surface area (Å²) in [6.45, 7) is 11.5. The Balaban J connectivity index is 1.64. The zero-order chi connectivity index (χ0) is 28.3. The van der Waals surface area contributed by atoms with Gasteiger partial charge in [-0.1, -0.05) is 81.4 Å². The molecule has 4 aromatic rings. The summed E-state index contributed by atoms with van der Waals surface area (Å²) in [5.41, 5.74) is 4.37. The minimum absolute atomic E-state index is 0.0494. The molecular formula is C33H41N5O2. The van der Waals surface area contributed by atoms with Crippen LogP contribution in [0.4, 0.5) is 0 Å². The van der Waals surface area contributed by atoms with Crippen molar-refractivity contribution in [1.82, 2.24) is 24.6 Å². The zero-order valence-electron chi connectivity index (χ0n) is 24.3. The fourth-order valence-electron chi connectivity index (χ4n) is 5.82. The Morgan fingerprint density at radius 3 is 2.40 bits per heavy atom. The summed E-state index contributed by atoms with van der Waals surface area (Å²) in [6.07, 6.45) is 2.69. The fraction of sp³-hybridized carbons (Fsp3) is 0.424. The predicted octanol–water partition coefficient (Wildman–Crippen LogP) is 5.65. The highest BCUT2D eigenvalue weighted by molar-refractivity contribution is 5.97. The number of nitrogens with zero attached hydrogens (tertiary/aromatic N) is 4. The molecule has 1 unspecified atom stereocenters. The minimum Gasteiger partial charge on any atom is -0.376 e. The molecule has 0 amide bonds. The third-order valence-corrected chi connectivity index (χ3v) is 7.91. The Morgan fingerprint density at radius 1 is 1.10 bits per heavy atom. The molecule has 1 fully saturated rings. The van der Waals surface area contributed by atoms with Gasteiger partial charge >= 0.3 is 0 Å². The van der Waals surface area contributed by atoms with Crippen LogP contribution in [0.25, 0.3) is 11.3 Å². The fourth-order valence-corrected chi connectivity index (χ4v) is 5.82. The molecule has 210 valence electrons. The van der Waals surface area contributed by atoms with E-state index in [9.17, 15) is 4.79 Å². The molecule has 1 aliphatic heterocycles. The largest absolute Gasteiger partial charge is 0.376 e. The molecule has 0 spiro atoms. The first-order valence-corrected chi connectivity index (χ1v) is 14.2. The first-order chi connectivity index (χ1) is 19.2. The van der Waals surface area contributed by atoms with Crippen LogP contribution in [0.1, 0.15) is 60.7 Å². The van der Waals surface area contributed by atoms with Gasteiger partial charge in [0.05, 0.1) is 18.4 Å². The van der Waals surface area contributed by atoms with Crippen LogP contribution in [-0.2, 0) is 18.3 Å². The number of hydrogen-bond acceptors (Lipinski definition) is 5. The highest BCUT2D eigenvalue weighted by Crippen LogP contribution is 2.44. The highest BCUT2D eigenvalue weighted by atomic mass is 16.5. The quantitative estimate of drug-likeness (QED) is 0.278. The zero-order valence-corrected chi connectivity index (χ0v) is 24.3. The second-order valence-corrected chi connectivity index (χ2v) is 12.0. The van der Waals surface area contributed by atoms with Gasteiger partial charge in [0, 0.05) is 56.0 Å². The van der Waals surface area contributed by atoms with Gasteiger partial charge in [-0.15, -0.1) is 0 Å². The van der Waals surface area contributed by atoms with Crippen molar-refractivity contribution in [2.45, 2.75) is 52.7 Å². The van der Waals surface area contributed by atoms with Gasteiger partial charge < -0.3 is 14.6 Å². The van der Waals surface area contributed by atoms with Crippen molar-refractivity contribution in [2.24, 2.45) is 18.4 Å². The lowest BCUT2D eigenvalue weighted by atomic mass is 9.68. The lowest BCUT2D eigenvalue weighted by Gasteiger charge is -2.38. The van der Waals surface area contributed by atoms with Crippen LogP contribution in [0, 0.1) is 18.3 Å². The van der Waals surface area contributed by atoms with Crippen molar-refractivity contribution in [2.75, 3.05) is 19.7 Å². The molecule has 2 aromatic heterocycles. The number of aromatic nitrogens is 4. The second-order valence-electron chi connectivity index (χ2n) is 12.0. The van der Waals surface area contributed by atoms with Crippen molar-refractivity contribution in [3.63, 3.8) is 0 Å². The van der Waals surface area contributed by atoms with E-state index in [0.29, 0.717) is 25.3 Å². The van der Waals surface area contributed by atoms with E-state index in [1.165, 1.54) is 5.56 Å². The number of carbonyl (C=O) groups excluding carboxylic acids is 1. The van der Waals surface area contributed by atoms with E-state index in [1.807, 2.05) is 44.3 Å². The van der Waals surface area contributed by atoms with Crippen molar-refractivity contribution < 1.29 is 9.53 Å². The Hall–Kier alpha value is -3.55. The van der Waals surface area contributed by atoms with Gasteiger partial charge in [-0.05, 0) is 30.4 Å². The number of ketones is 1. The van der Waals surface area contributed by atoms with Gasteiger partial charge in [-0.2, -0.15) is 5.10 Å². The molecule has 7 heteroatoms. The number of aryl methyl sites for hydroxylation is 2. The molecule has 0 bridgehead atoms. The third-order valence-electron chi connectivity index (χ3n) is 7.91. The summed E-state index contributed by atoms with van der Waals surface area (Å²) < 4.78 is 10.2. The Bertz CT molecular complexity index is 1390. The van der Waals surface area contributed by atoms with Crippen molar-refractivity contribution in [1.29, 1.82) is 0 Å². The number of ether oxygens (including phenoxy) is 1. The van der Waals surface area contributed by atoms with E-state index in [0.717, 1.165) is 35.9 Å². The van der Waals surface area contributed by atoms with Crippen LogP contribution in [-0.4, -0.2) is 50.9 Å². The maximum absolute atomic E-state index is 14.4. The number of Topliss-reactive ketones (excluding diaryl/α,β-unsaturated/α-hetero) is 1. The number of hydrogen-bond donors (Lipinski definition) is 1. The maximum atomic E-state index is 14.4. The topological polar surface area (TPSA) is 74.0 Å². The van der Waals surface area contributed by atoms with Gasteiger partial charge in [0.15, 0.2) is 5.78 Å². The minimum atomic E-state index is -0.361. The van der Waals surface area contributed by atoms with E-state index in [2.05, 4.69) is 78.3 Å². The maximum Gasteiger partial charge on any atom is 0.186 e. The number of imidazole rings is 1. The molecule has 7 nitrogen and oxygen atoms in total. The molecule has 5 rings (SSSR count). The molecule has 1 saturated heterocycles. The smallest absolute Gasteiger partial charge is 0.186 e. The van der Waals surface area contributed by atoms with E-state index in [4.69, 9.17) is 9.72 Å². The molecule has 2 aromatic carbocycles. The van der Waals surface area contributed by atoms with E-state index < -0.39 is 0 Å². The lowest BCUT2D eigenvalue weighted by molar-refractivity contribution is 0.00668. The van der Waals surface area contributed by atoms with E-state index in [-0.39, 0.29) is 29.1 Å². The van der Waals surface area contributed by atoms with Crippen molar-refractivity contribution in [3.8, 4) is 11.3 Å². The summed E-state index contributed by atoms with van der Waals surface area (Å²) in [7, 11) is 1.88. The molecular weight excluding hydrogens is 498 g/mol. The van der Waals surface area contributed by atoms with Crippen molar-refractivity contribution in [3.05, 3.63) is 95.7 Å². The average molecular weight is 540 g/mol. The number of nitrogens with one attached hydrogen (secondary N) is 1. The van der Waals surface area contributed by atoms with Crippen LogP contribution in [0.15, 0.2) is 72.9 Å². The van der Waals surface area contributed by atoms with E-state index >= 15 is 0 Å². The first-order valence-electron chi connectivity index (χ1n) is 14.2. The second kappa shape index (κ2) is 11.9. The molecule has 1 N–H and O–H groups in total. The Kier molecular flexibility index (Phi) is 8.33. The SMILES string of the molecule is Cc1cc(C(=O)C(C[C@H]2CNCCO2)[C@@H](c2nc(-c3ccccc3)cn2Cc2ccccc2)C(C)(C)C)nn1C. The number of benzene rings is 2. The lowest BCUT2D eigenvalue weighted by Crippen LogP contribution is -2.43. The number of morpholine rings is 1. The van der Waals surface area contributed by atoms with Gasteiger partial charge in [0.1, 0.15) is 11.5 Å². The van der Waals surface area contributed by atoms with Crippen molar-refractivity contribution >= 4 is 5.78 Å². The molecule has 1 aliphatic rings. The van der Waals surface area contributed by atoms with Crippen LogP contribution >= 0.6 is 0 Å². The molecule has 40 heavy (non-hydrogen) atoms. The number of rotatable bonds is 9. The van der Waals surface area contributed by atoms with Crippen LogP contribution in [0.2, 0.25) is 0 Å². The summed E-state index contributed by atoms with van der Waals surface area (Å²) >= 11 is 0. The monoisotopic (exact) mass is 539 g/mol. The highest BCUT2D eigenvalue weighted by Gasteiger charge is 2.43. The normalized spacial score (nSPS) is 17.5. The van der Waals surface area contributed by atoms with Crippen LogP contribution < -0.4 is 5.32 Å². The Labute approximate surface area is 237 Å². The number of carbonyl (C=O) groups is 1. The third kappa shape index (κ3) is 6.26. The van der Waals surface area contributed by atoms with E-state index in [1.54, 1.807) is 4.68 Å². The molecule has 0 saturated carbocycles. The van der Waals surface area contributed by atoms with Crippen LogP contribution in [0.5, 0.6) is 0 Å². The molecule has 0 aliphatic carbocycles. The molecule has 3 heterocycles. The Morgan fingerprint density at radius 2 is 1.80 bits per heavy atom. The average Bonchev–Trinajstić information content (AvgIpc) is 3.51. The van der Waals surface area contributed by atoms with Crippen LogP contribution in [0.3, 0.4) is 0 Å². The first kappa shape index (κ1) is 28.0. The molecule has 3 atom stereocenters. The van der Waals surface area contributed by atoms with Gasteiger partial charge in [0.2, 0.25) is 0 Å². The summed E-state index contributed by atoms with van der Waals surface area (Å²) in [5.74, 6) is 0.437. The van der Waals surface area contributed by atoms with Gasteiger partial charge in [-0.25, -0.2) is 4.98 Å². The summed E-state index contributed by atoms with van der Waals surface area (Å²) in [4.78, 5) is 19.7. The summed E-state index contributed by atoms with van der Waals surface area (Å²) in [5, 5.41) is 8.05. The predicted molar refractivity (Wildman–Crippen MR) is 158 cm³/mol.